The number of allylic oxidation sites excluding steroid dienone is 1. The van der Waals surface area contributed by atoms with Gasteiger partial charge in [-0.25, -0.2) is 10.2 Å². The van der Waals surface area contributed by atoms with Gasteiger partial charge < -0.3 is 5.32 Å². The van der Waals surface area contributed by atoms with Gasteiger partial charge in [0.25, 0.3) is 0 Å². The van der Waals surface area contributed by atoms with Crippen molar-refractivity contribution in [2.75, 3.05) is 0 Å². The average Bonchev–Trinajstić information content (AvgIpc) is 2.61. The topological polar surface area (TPSA) is 53.5 Å². The molecule has 0 spiro atoms. The Labute approximate surface area is 178 Å². The van der Waals surface area contributed by atoms with Gasteiger partial charge in [0.1, 0.15) is 0 Å². The quantitative estimate of drug-likeness (QED) is 0.431. The summed E-state index contributed by atoms with van der Waals surface area (Å²) in [5, 5.41) is 7.85. The van der Waals surface area contributed by atoms with E-state index in [1.54, 1.807) is 0 Å². The second kappa shape index (κ2) is 7.74. The highest BCUT2D eigenvalue weighted by molar-refractivity contribution is 5.91. The highest BCUT2D eigenvalue weighted by Gasteiger charge is 2.56. The van der Waals surface area contributed by atoms with Crippen LogP contribution in [0.5, 0.6) is 0 Å². The Bertz CT molecular complexity index is 674. The Morgan fingerprint density at radius 1 is 1.28 bits per heavy atom. The van der Waals surface area contributed by atoms with Crippen LogP contribution in [0.4, 0.5) is 4.79 Å². The van der Waals surface area contributed by atoms with Gasteiger partial charge in [0.2, 0.25) is 0 Å². The third-order valence-corrected chi connectivity index (χ3v) is 8.91. The number of hydrogen-bond acceptors (Lipinski definition) is 2. The van der Waals surface area contributed by atoms with E-state index in [9.17, 15) is 4.79 Å². The lowest BCUT2D eigenvalue weighted by molar-refractivity contribution is -0.112. The molecule has 0 saturated heterocycles. The first-order valence-corrected chi connectivity index (χ1v) is 11.6. The van der Waals surface area contributed by atoms with Crippen LogP contribution in [-0.2, 0) is 0 Å². The van der Waals surface area contributed by atoms with Crippen molar-refractivity contribution in [3.63, 3.8) is 0 Å². The van der Waals surface area contributed by atoms with Crippen molar-refractivity contribution in [1.82, 2.24) is 10.7 Å². The van der Waals surface area contributed by atoms with Gasteiger partial charge in [0.05, 0.1) is 0 Å². The predicted molar refractivity (Wildman–Crippen MR) is 122 cm³/mol. The summed E-state index contributed by atoms with van der Waals surface area (Å²) in [6.45, 7) is 20.3. The standard InChI is InChI=1S/C25H43N3O/c1-9-12-25(8)15-17(23(3,4)5)10-11-21(25)27-28-22(29)26-20-14-18-13-19(16(20)2)24(18,6)7/h9,16-20H,1,10-15H2,2-8H3,(H2,26,28,29)/b27-21+/t16-,17-,18+,19-,20-,25+/m0/s1. The fourth-order valence-corrected chi connectivity index (χ4v) is 6.49. The molecule has 4 heteroatoms. The van der Waals surface area contributed by atoms with Crippen LogP contribution < -0.4 is 10.7 Å². The van der Waals surface area contributed by atoms with Crippen molar-refractivity contribution in [2.45, 2.75) is 93.0 Å². The van der Waals surface area contributed by atoms with Gasteiger partial charge in [0, 0.05) is 17.2 Å². The van der Waals surface area contributed by atoms with E-state index in [0.717, 1.165) is 49.7 Å². The zero-order chi connectivity index (χ0) is 21.6. The highest BCUT2D eigenvalue weighted by atomic mass is 16.2. The van der Waals surface area contributed by atoms with Crippen molar-refractivity contribution < 1.29 is 4.79 Å². The van der Waals surface area contributed by atoms with E-state index in [0.29, 0.717) is 22.7 Å². The molecule has 164 valence electrons. The third-order valence-electron chi connectivity index (χ3n) is 8.91. The first-order chi connectivity index (χ1) is 13.4. The molecule has 2 bridgehead atoms. The van der Waals surface area contributed by atoms with Crippen molar-refractivity contribution in [1.29, 1.82) is 0 Å². The lowest BCUT2D eigenvalue weighted by atomic mass is 9.45. The van der Waals surface area contributed by atoms with Crippen LogP contribution in [0.3, 0.4) is 0 Å². The summed E-state index contributed by atoms with van der Waals surface area (Å²) in [5.41, 5.74) is 4.67. The molecule has 0 unspecified atom stereocenters. The van der Waals surface area contributed by atoms with Gasteiger partial charge in [-0.05, 0) is 73.0 Å². The highest BCUT2D eigenvalue weighted by Crippen LogP contribution is 2.61. The fraction of sp³-hybridized carbons (Fsp3) is 0.840. The van der Waals surface area contributed by atoms with Crippen molar-refractivity contribution in [3.8, 4) is 0 Å². The minimum absolute atomic E-state index is 0.0188. The molecule has 4 saturated carbocycles. The van der Waals surface area contributed by atoms with E-state index < -0.39 is 0 Å². The molecule has 29 heavy (non-hydrogen) atoms. The minimum atomic E-state index is -0.146. The van der Waals surface area contributed by atoms with E-state index in [1.165, 1.54) is 6.42 Å². The summed E-state index contributed by atoms with van der Waals surface area (Å²) >= 11 is 0. The maximum absolute atomic E-state index is 12.6. The number of nitrogens with one attached hydrogen (secondary N) is 2. The number of hydrazone groups is 1. The largest absolute Gasteiger partial charge is 0.335 e. The summed E-state index contributed by atoms with van der Waals surface area (Å²) in [5.74, 6) is 2.66. The van der Waals surface area contributed by atoms with Crippen LogP contribution in [0.2, 0.25) is 0 Å². The molecule has 4 aliphatic rings. The van der Waals surface area contributed by atoms with Crippen LogP contribution in [0.15, 0.2) is 17.8 Å². The van der Waals surface area contributed by atoms with E-state index in [1.807, 2.05) is 6.08 Å². The molecule has 4 rings (SSSR count). The molecular weight excluding hydrogens is 358 g/mol. The maximum atomic E-state index is 12.6. The van der Waals surface area contributed by atoms with Gasteiger partial charge in [-0.3, -0.25) is 0 Å². The van der Waals surface area contributed by atoms with Gasteiger partial charge in [-0.15, -0.1) is 6.58 Å². The molecule has 0 heterocycles. The van der Waals surface area contributed by atoms with Crippen molar-refractivity contribution in [3.05, 3.63) is 12.7 Å². The summed E-state index contributed by atoms with van der Waals surface area (Å²) in [6.07, 6.45) is 8.50. The number of carbonyl (C=O) groups is 1. The van der Waals surface area contributed by atoms with Crippen LogP contribution in [-0.4, -0.2) is 17.8 Å². The number of fused-ring (bicyclic) bond motifs is 2. The van der Waals surface area contributed by atoms with Gasteiger partial charge in [-0.1, -0.05) is 54.5 Å². The van der Waals surface area contributed by atoms with Crippen molar-refractivity contribution in [2.24, 2.45) is 45.0 Å². The molecule has 0 aliphatic heterocycles. The number of hydrogen-bond donors (Lipinski definition) is 2. The van der Waals surface area contributed by atoms with Gasteiger partial charge >= 0.3 is 6.03 Å². The smallest absolute Gasteiger partial charge is 0.334 e. The molecule has 2 amide bonds. The van der Waals surface area contributed by atoms with Gasteiger partial charge in [-0.2, -0.15) is 5.10 Å². The molecule has 2 N–H and O–H groups in total. The average molecular weight is 402 g/mol. The predicted octanol–water partition coefficient (Wildman–Crippen LogP) is 6.14. The third kappa shape index (κ3) is 4.27. The molecular formula is C25H43N3O. The van der Waals surface area contributed by atoms with Crippen LogP contribution >= 0.6 is 0 Å². The molecule has 4 fully saturated rings. The normalized spacial score (nSPS) is 40.1. The Morgan fingerprint density at radius 3 is 2.52 bits per heavy atom. The number of urea groups is 1. The van der Waals surface area contributed by atoms with Crippen molar-refractivity contribution >= 4 is 11.7 Å². The molecule has 0 aromatic rings. The monoisotopic (exact) mass is 401 g/mol. The number of amides is 2. The van der Waals surface area contributed by atoms with Crippen LogP contribution in [0.1, 0.15) is 87.0 Å². The van der Waals surface area contributed by atoms with Crippen LogP contribution in [0.25, 0.3) is 0 Å². The second-order valence-corrected chi connectivity index (χ2v) is 12.1. The number of nitrogens with zero attached hydrogens (tertiary/aromatic N) is 1. The molecule has 6 atom stereocenters. The fourth-order valence-electron chi connectivity index (χ4n) is 6.49. The van der Waals surface area contributed by atoms with E-state index in [2.05, 4.69) is 70.9 Å². The minimum Gasteiger partial charge on any atom is -0.334 e. The molecule has 4 nitrogen and oxygen atoms in total. The first kappa shape index (κ1) is 22.4. The first-order valence-electron chi connectivity index (χ1n) is 11.6. The van der Waals surface area contributed by atoms with E-state index in [4.69, 9.17) is 0 Å². The molecule has 0 radical (unpaired) electrons. The summed E-state index contributed by atoms with van der Waals surface area (Å²) < 4.78 is 0. The SMILES string of the molecule is C=CC[C@]1(C)C[C@@H](C(C)(C)C)CC/C1=N\NC(=O)N[C@H]1C[C@H]2C[C@@H]([C@@H]1C)C2(C)C. The lowest BCUT2D eigenvalue weighted by Crippen LogP contribution is -2.61. The zero-order valence-electron chi connectivity index (χ0n) is 19.8. The summed E-state index contributed by atoms with van der Waals surface area (Å²) in [4.78, 5) is 12.6. The van der Waals surface area contributed by atoms with Gasteiger partial charge in [0.15, 0.2) is 0 Å². The number of rotatable bonds is 4. The Morgan fingerprint density at radius 2 is 1.97 bits per heavy atom. The number of carbonyl (C=O) groups excluding carboxylic acids is 1. The summed E-state index contributed by atoms with van der Waals surface area (Å²) in [6, 6.07) is 0.121. The Balaban J connectivity index is 1.61. The Hall–Kier alpha value is -1.32. The molecule has 0 aromatic carbocycles. The summed E-state index contributed by atoms with van der Waals surface area (Å²) in [7, 11) is 0. The van der Waals surface area contributed by atoms with E-state index >= 15 is 0 Å². The van der Waals surface area contributed by atoms with E-state index in [-0.39, 0.29) is 17.5 Å². The lowest BCUT2D eigenvalue weighted by Gasteiger charge is -2.62. The second-order valence-electron chi connectivity index (χ2n) is 12.1. The Kier molecular flexibility index (Phi) is 5.97. The zero-order valence-corrected chi connectivity index (χ0v) is 19.8. The molecule has 0 aromatic heterocycles. The van der Waals surface area contributed by atoms with Crippen LogP contribution in [0, 0.1) is 39.9 Å². The maximum Gasteiger partial charge on any atom is 0.335 e. The molecule has 4 aliphatic carbocycles.